The first-order valence-electron chi connectivity index (χ1n) is 9.14. The maximum absolute atomic E-state index is 9.82. The molecule has 0 atom stereocenters. The Hall–Kier alpha value is -3.31. The van der Waals surface area contributed by atoms with Crippen LogP contribution in [0.2, 0.25) is 0 Å². The van der Waals surface area contributed by atoms with E-state index in [1.54, 1.807) is 0 Å². The summed E-state index contributed by atoms with van der Waals surface area (Å²) in [4.78, 5) is 0. The molecule has 27 heavy (non-hydrogen) atoms. The fraction of sp³-hybridized carbons (Fsp3) is 0.160. The number of rotatable bonds is 3. The highest BCUT2D eigenvalue weighted by atomic mass is 16.5. The van der Waals surface area contributed by atoms with Gasteiger partial charge in [0.15, 0.2) is 5.60 Å². The minimum Gasteiger partial charge on any atom is -0.476 e. The smallest absolute Gasteiger partial charge is 0.164 e. The fourth-order valence-electron chi connectivity index (χ4n) is 3.65. The molecule has 1 heterocycles. The Bertz CT molecular complexity index is 977. The van der Waals surface area contributed by atoms with E-state index >= 15 is 0 Å². The van der Waals surface area contributed by atoms with Crippen molar-refractivity contribution in [3.8, 4) is 6.07 Å². The van der Waals surface area contributed by atoms with Crippen LogP contribution in [0.3, 0.4) is 0 Å². The van der Waals surface area contributed by atoms with Crippen molar-refractivity contribution in [1.29, 1.82) is 5.26 Å². The zero-order valence-corrected chi connectivity index (χ0v) is 15.6. The summed E-state index contributed by atoms with van der Waals surface area (Å²) >= 11 is 0. The summed E-state index contributed by atoms with van der Waals surface area (Å²) in [6.45, 7) is 4.15. The van der Waals surface area contributed by atoms with Gasteiger partial charge in [0.25, 0.3) is 0 Å². The molecule has 132 valence electrons. The number of aryl methyl sites for hydroxylation is 2. The topological polar surface area (TPSA) is 33.0 Å². The zero-order valence-electron chi connectivity index (χ0n) is 15.6. The Morgan fingerprint density at radius 3 is 1.78 bits per heavy atom. The van der Waals surface area contributed by atoms with Crippen LogP contribution in [-0.4, -0.2) is 0 Å². The van der Waals surface area contributed by atoms with Gasteiger partial charge in [-0.3, -0.25) is 0 Å². The Balaban J connectivity index is 1.87. The molecule has 1 aliphatic rings. The van der Waals surface area contributed by atoms with Crippen LogP contribution in [0.1, 0.15) is 34.2 Å². The van der Waals surface area contributed by atoms with Gasteiger partial charge in [-0.2, -0.15) is 5.26 Å². The van der Waals surface area contributed by atoms with Crippen LogP contribution in [0.15, 0.2) is 84.4 Å². The molecule has 0 unspecified atom stereocenters. The molecule has 0 radical (unpaired) electrons. The van der Waals surface area contributed by atoms with E-state index in [1.165, 1.54) is 11.1 Å². The second kappa shape index (κ2) is 6.78. The molecule has 3 aromatic carbocycles. The lowest BCUT2D eigenvalue weighted by Crippen LogP contribution is -2.27. The lowest BCUT2D eigenvalue weighted by Gasteiger charge is -2.31. The molecule has 0 spiro atoms. The molecular weight excluding hydrogens is 330 g/mol. The maximum atomic E-state index is 9.82. The van der Waals surface area contributed by atoms with Crippen LogP contribution in [-0.2, 0) is 10.3 Å². The van der Waals surface area contributed by atoms with E-state index in [0.717, 1.165) is 16.7 Å². The van der Waals surface area contributed by atoms with Crippen LogP contribution >= 0.6 is 0 Å². The SMILES string of the molecule is Cc1ccc(C2(c3ccc(C)cc3)CC(C#N)=C(c3ccccc3)O2)cc1. The van der Waals surface area contributed by atoms with Crippen LogP contribution in [0.25, 0.3) is 5.76 Å². The van der Waals surface area contributed by atoms with Gasteiger partial charge < -0.3 is 4.74 Å². The van der Waals surface area contributed by atoms with Gasteiger partial charge in [-0.1, -0.05) is 90.0 Å². The molecule has 0 amide bonds. The third-order valence-electron chi connectivity index (χ3n) is 5.18. The predicted octanol–water partition coefficient (Wildman–Crippen LogP) is 5.90. The van der Waals surface area contributed by atoms with Crippen molar-refractivity contribution >= 4 is 5.76 Å². The highest BCUT2D eigenvalue weighted by molar-refractivity contribution is 5.71. The van der Waals surface area contributed by atoms with Crippen LogP contribution in [0, 0.1) is 25.2 Å². The molecule has 2 heteroatoms. The Morgan fingerprint density at radius 1 is 0.778 bits per heavy atom. The minimum absolute atomic E-state index is 0.528. The van der Waals surface area contributed by atoms with Gasteiger partial charge in [0.2, 0.25) is 0 Å². The molecule has 4 rings (SSSR count). The van der Waals surface area contributed by atoms with Gasteiger partial charge in [-0.25, -0.2) is 0 Å². The Kier molecular flexibility index (Phi) is 4.30. The van der Waals surface area contributed by atoms with Crippen molar-refractivity contribution in [3.63, 3.8) is 0 Å². The van der Waals surface area contributed by atoms with E-state index in [-0.39, 0.29) is 0 Å². The molecule has 1 aliphatic heterocycles. The van der Waals surface area contributed by atoms with Gasteiger partial charge in [-0.15, -0.1) is 0 Å². The standard InChI is InChI=1S/C25H21NO/c1-18-8-12-22(13-9-18)25(23-14-10-19(2)11-15-23)16-21(17-26)24(27-25)20-6-4-3-5-7-20/h3-15H,16H2,1-2H3. The number of nitrogens with zero attached hydrogens (tertiary/aromatic N) is 1. The van der Waals surface area contributed by atoms with E-state index < -0.39 is 5.60 Å². The quantitative estimate of drug-likeness (QED) is 0.588. The van der Waals surface area contributed by atoms with Gasteiger partial charge in [0, 0.05) is 23.1 Å². The van der Waals surface area contributed by atoms with Gasteiger partial charge >= 0.3 is 0 Å². The molecule has 0 saturated heterocycles. The van der Waals surface area contributed by atoms with Crippen molar-refractivity contribution in [2.45, 2.75) is 25.9 Å². The molecular formula is C25H21NO. The van der Waals surface area contributed by atoms with E-state index in [1.807, 2.05) is 30.3 Å². The van der Waals surface area contributed by atoms with E-state index in [9.17, 15) is 5.26 Å². The third kappa shape index (κ3) is 3.02. The molecule has 0 saturated carbocycles. The first-order chi connectivity index (χ1) is 13.1. The summed E-state index contributed by atoms with van der Waals surface area (Å²) in [6.07, 6.45) is 0.528. The summed E-state index contributed by atoms with van der Waals surface area (Å²) in [5.41, 5.74) is 5.47. The largest absolute Gasteiger partial charge is 0.476 e. The van der Waals surface area contributed by atoms with Crippen molar-refractivity contribution in [3.05, 3.63) is 112 Å². The van der Waals surface area contributed by atoms with Gasteiger partial charge in [0.05, 0.1) is 11.6 Å². The molecule has 2 nitrogen and oxygen atoms in total. The molecule has 0 bridgehead atoms. The summed E-state index contributed by atoms with van der Waals surface area (Å²) < 4.78 is 6.65. The average molecular weight is 351 g/mol. The van der Waals surface area contributed by atoms with E-state index in [2.05, 4.69) is 68.4 Å². The Morgan fingerprint density at radius 2 is 1.30 bits per heavy atom. The van der Waals surface area contributed by atoms with E-state index in [0.29, 0.717) is 17.8 Å². The second-order valence-corrected chi connectivity index (χ2v) is 7.12. The fourth-order valence-corrected chi connectivity index (χ4v) is 3.65. The van der Waals surface area contributed by atoms with Crippen LogP contribution in [0.5, 0.6) is 0 Å². The number of ether oxygens (including phenoxy) is 1. The van der Waals surface area contributed by atoms with E-state index in [4.69, 9.17) is 4.74 Å². The number of hydrogen-bond donors (Lipinski definition) is 0. The summed E-state index contributed by atoms with van der Waals surface area (Å²) in [7, 11) is 0. The molecule has 3 aromatic rings. The first-order valence-corrected chi connectivity index (χ1v) is 9.14. The highest BCUT2D eigenvalue weighted by Gasteiger charge is 2.44. The monoisotopic (exact) mass is 351 g/mol. The second-order valence-electron chi connectivity index (χ2n) is 7.12. The summed E-state index contributed by atoms with van der Waals surface area (Å²) in [5.74, 6) is 0.680. The predicted molar refractivity (Wildman–Crippen MR) is 108 cm³/mol. The number of benzene rings is 3. The van der Waals surface area contributed by atoms with Crippen LogP contribution < -0.4 is 0 Å². The summed E-state index contributed by atoms with van der Waals surface area (Å²) in [6, 6.07) is 29.1. The highest BCUT2D eigenvalue weighted by Crippen LogP contribution is 2.49. The summed E-state index contributed by atoms with van der Waals surface area (Å²) in [5, 5.41) is 9.82. The molecule has 0 aliphatic carbocycles. The molecule has 0 aromatic heterocycles. The van der Waals surface area contributed by atoms with Crippen LogP contribution in [0.4, 0.5) is 0 Å². The molecule has 0 fully saturated rings. The van der Waals surface area contributed by atoms with Crippen molar-refractivity contribution in [2.75, 3.05) is 0 Å². The van der Waals surface area contributed by atoms with Crippen molar-refractivity contribution in [2.24, 2.45) is 0 Å². The lowest BCUT2D eigenvalue weighted by atomic mass is 9.82. The van der Waals surface area contributed by atoms with Crippen molar-refractivity contribution < 1.29 is 4.74 Å². The minimum atomic E-state index is -0.683. The Labute approximate surface area is 160 Å². The van der Waals surface area contributed by atoms with Gasteiger partial charge in [-0.05, 0) is 13.8 Å². The zero-order chi connectivity index (χ0) is 18.9. The average Bonchev–Trinajstić information content (AvgIpc) is 3.11. The van der Waals surface area contributed by atoms with Gasteiger partial charge in [0.1, 0.15) is 5.76 Å². The third-order valence-corrected chi connectivity index (χ3v) is 5.18. The number of nitriles is 1. The molecule has 0 N–H and O–H groups in total. The van der Waals surface area contributed by atoms with Crippen molar-refractivity contribution in [1.82, 2.24) is 0 Å². The maximum Gasteiger partial charge on any atom is 0.164 e. The first kappa shape index (κ1) is 17.1. The normalized spacial score (nSPS) is 15.3. The lowest BCUT2D eigenvalue weighted by molar-refractivity contribution is 0.101. The number of hydrogen-bond acceptors (Lipinski definition) is 2.